The molecule has 1 saturated heterocycles. The Labute approximate surface area is 152 Å². The average molecular weight is 375 g/mol. The van der Waals surface area contributed by atoms with Crippen LogP contribution >= 0.6 is 11.8 Å². The van der Waals surface area contributed by atoms with Gasteiger partial charge in [0.1, 0.15) is 35.2 Å². The molecule has 10 heteroatoms. The molecular weight excluding hydrogens is 358 g/mol. The van der Waals surface area contributed by atoms with E-state index in [2.05, 4.69) is 19.9 Å². The first kappa shape index (κ1) is 17.3. The van der Waals surface area contributed by atoms with Gasteiger partial charge in [0.15, 0.2) is 11.9 Å². The zero-order valence-electron chi connectivity index (χ0n) is 13.6. The maximum atomic E-state index is 10.2. The number of aromatic nitrogens is 5. The second-order valence-corrected chi connectivity index (χ2v) is 6.81. The molecule has 9 nitrogen and oxygen atoms in total. The fourth-order valence-electron chi connectivity index (χ4n) is 2.86. The molecule has 4 atom stereocenters. The standard InChI is InChI=1S/C16H17N5O4S/c22-5-10-12(23)13(24)16(25-10)21-8-20-11-14(21)18-7-19-15(11)26-6-9-3-1-2-4-17-9/h1-4,7-8,10,12-13,16,22-24H,5-6H2/t10-,12+,13+,16-/m1/s1. The van der Waals surface area contributed by atoms with Crippen LogP contribution in [0.25, 0.3) is 11.2 Å². The lowest BCUT2D eigenvalue weighted by molar-refractivity contribution is -0.0511. The largest absolute Gasteiger partial charge is 0.394 e. The minimum absolute atomic E-state index is 0.387. The fourth-order valence-corrected chi connectivity index (χ4v) is 3.72. The average Bonchev–Trinajstić information content (AvgIpc) is 3.23. The summed E-state index contributed by atoms with van der Waals surface area (Å²) < 4.78 is 7.10. The molecule has 0 aliphatic carbocycles. The van der Waals surface area contributed by atoms with Crippen LogP contribution in [0, 0.1) is 0 Å². The number of thioether (sulfide) groups is 1. The third kappa shape index (κ3) is 3.06. The molecule has 4 heterocycles. The first-order valence-electron chi connectivity index (χ1n) is 8.01. The quantitative estimate of drug-likeness (QED) is 0.421. The van der Waals surface area contributed by atoms with Gasteiger partial charge in [-0.15, -0.1) is 0 Å². The van der Waals surface area contributed by atoms with E-state index in [0.717, 1.165) is 5.69 Å². The summed E-state index contributed by atoms with van der Waals surface area (Å²) in [4.78, 5) is 17.2. The Morgan fingerprint density at radius 1 is 1.12 bits per heavy atom. The number of aliphatic hydroxyl groups is 3. The van der Waals surface area contributed by atoms with Gasteiger partial charge in [-0.3, -0.25) is 9.55 Å². The van der Waals surface area contributed by atoms with E-state index in [1.807, 2.05) is 18.2 Å². The highest BCUT2D eigenvalue weighted by atomic mass is 32.2. The molecule has 0 saturated carbocycles. The molecule has 136 valence electrons. The minimum Gasteiger partial charge on any atom is -0.394 e. The van der Waals surface area contributed by atoms with Crippen molar-refractivity contribution in [2.24, 2.45) is 0 Å². The molecule has 1 aliphatic heterocycles. The van der Waals surface area contributed by atoms with Gasteiger partial charge >= 0.3 is 0 Å². The molecule has 3 N–H and O–H groups in total. The minimum atomic E-state index is -1.19. The van der Waals surface area contributed by atoms with Crippen LogP contribution in [0.2, 0.25) is 0 Å². The number of nitrogens with zero attached hydrogens (tertiary/aromatic N) is 5. The second kappa shape index (κ2) is 7.25. The van der Waals surface area contributed by atoms with E-state index in [0.29, 0.717) is 21.9 Å². The molecule has 1 fully saturated rings. The van der Waals surface area contributed by atoms with E-state index < -0.39 is 24.5 Å². The number of aliphatic hydroxyl groups excluding tert-OH is 3. The molecule has 0 spiro atoms. The summed E-state index contributed by atoms with van der Waals surface area (Å²) in [5, 5.41) is 30.1. The Balaban J connectivity index is 1.61. The lowest BCUT2D eigenvalue weighted by atomic mass is 10.1. The lowest BCUT2D eigenvalue weighted by Gasteiger charge is -2.16. The predicted octanol–water partition coefficient (Wildman–Crippen LogP) is 0.125. The van der Waals surface area contributed by atoms with Crippen LogP contribution in [0.4, 0.5) is 0 Å². The summed E-state index contributed by atoms with van der Waals surface area (Å²) >= 11 is 1.48. The van der Waals surface area contributed by atoms with Crippen molar-refractivity contribution < 1.29 is 20.1 Å². The summed E-state index contributed by atoms with van der Waals surface area (Å²) in [7, 11) is 0. The molecule has 26 heavy (non-hydrogen) atoms. The van der Waals surface area contributed by atoms with Crippen molar-refractivity contribution in [2.75, 3.05) is 6.61 Å². The molecule has 0 amide bonds. The highest BCUT2D eigenvalue weighted by Gasteiger charge is 2.44. The third-order valence-electron chi connectivity index (χ3n) is 4.20. The van der Waals surface area contributed by atoms with Gasteiger partial charge in [0, 0.05) is 11.9 Å². The van der Waals surface area contributed by atoms with Gasteiger partial charge in [0.05, 0.1) is 18.6 Å². The van der Waals surface area contributed by atoms with Crippen molar-refractivity contribution in [1.82, 2.24) is 24.5 Å². The van der Waals surface area contributed by atoms with Crippen LogP contribution in [0.3, 0.4) is 0 Å². The SMILES string of the molecule is OC[C@H]1O[C@@H](n2cnc3c(SCc4ccccn4)ncnc32)[C@@H](O)[C@H]1O. The van der Waals surface area contributed by atoms with Gasteiger partial charge in [0.2, 0.25) is 0 Å². The zero-order chi connectivity index (χ0) is 18.1. The van der Waals surface area contributed by atoms with Gasteiger partial charge in [-0.2, -0.15) is 0 Å². The molecule has 4 rings (SSSR count). The highest BCUT2D eigenvalue weighted by Crippen LogP contribution is 2.33. The molecule has 3 aromatic heterocycles. The number of hydrogen-bond donors (Lipinski definition) is 3. The van der Waals surface area contributed by atoms with Crippen molar-refractivity contribution in [3.63, 3.8) is 0 Å². The lowest BCUT2D eigenvalue weighted by Crippen LogP contribution is -2.33. The molecule has 0 bridgehead atoms. The van der Waals surface area contributed by atoms with E-state index in [1.165, 1.54) is 24.4 Å². The van der Waals surface area contributed by atoms with E-state index in [4.69, 9.17) is 4.74 Å². The number of ether oxygens (including phenoxy) is 1. The first-order chi connectivity index (χ1) is 12.7. The Kier molecular flexibility index (Phi) is 4.83. The Morgan fingerprint density at radius 2 is 2.00 bits per heavy atom. The molecular formula is C16H17N5O4S. The van der Waals surface area contributed by atoms with E-state index in [1.54, 1.807) is 10.8 Å². The Morgan fingerprint density at radius 3 is 2.73 bits per heavy atom. The van der Waals surface area contributed by atoms with Crippen LogP contribution in [-0.4, -0.2) is 64.7 Å². The van der Waals surface area contributed by atoms with Crippen LogP contribution in [0.5, 0.6) is 0 Å². The topological polar surface area (TPSA) is 126 Å². The molecule has 0 aromatic carbocycles. The molecule has 0 unspecified atom stereocenters. The molecule has 3 aromatic rings. The zero-order valence-corrected chi connectivity index (χ0v) is 14.4. The number of rotatable bonds is 5. The Hall–Kier alpha value is -2.11. The Bertz CT molecular complexity index is 893. The van der Waals surface area contributed by atoms with Gasteiger partial charge in [-0.25, -0.2) is 15.0 Å². The van der Waals surface area contributed by atoms with Gasteiger partial charge < -0.3 is 20.1 Å². The van der Waals surface area contributed by atoms with Gasteiger partial charge in [-0.05, 0) is 12.1 Å². The van der Waals surface area contributed by atoms with Crippen LogP contribution < -0.4 is 0 Å². The monoisotopic (exact) mass is 375 g/mol. The van der Waals surface area contributed by atoms with Gasteiger partial charge in [0.25, 0.3) is 0 Å². The summed E-state index contributed by atoms with van der Waals surface area (Å²) in [5.41, 5.74) is 1.98. The van der Waals surface area contributed by atoms with E-state index in [-0.39, 0.29) is 6.61 Å². The maximum Gasteiger partial charge on any atom is 0.166 e. The number of hydrogen-bond acceptors (Lipinski definition) is 9. The molecule has 0 radical (unpaired) electrons. The summed E-state index contributed by atoms with van der Waals surface area (Å²) in [6.07, 6.45) is 0.545. The number of pyridine rings is 1. The predicted molar refractivity (Wildman–Crippen MR) is 92.1 cm³/mol. The smallest absolute Gasteiger partial charge is 0.166 e. The summed E-state index contributed by atoms with van der Waals surface area (Å²) in [6.45, 7) is -0.387. The fraction of sp³-hybridized carbons (Fsp3) is 0.375. The summed E-state index contributed by atoms with van der Waals surface area (Å²) in [6, 6.07) is 5.72. The van der Waals surface area contributed by atoms with E-state index >= 15 is 0 Å². The highest BCUT2D eigenvalue weighted by molar-refractivity contribution is 7.98. The van der Waals surface area contributed by atoms with Crippen molar-refractivity contribution in [2.45, 2.75) is 35.3 Å². The number of imidazole rings is 1. The van der Waals surface area contributed by atoms with Crippen molar-refractivity contribution in [3.05, 3.63) is 42.7 Å². The van der Waals surface area contributed by atoms with E-state index in [9.17, 15) is 15.3 Å². The van der Waals surface area contributed by atoms with Crippen molar-refractivity contribution in [1.29, 1.82) is 0 Å². The second-order valence-electron chi connectivity index (χ2n) is 5.84. The van der Waals surface area contributed by atoms with Crippen molar-refractivity contribution >= 4 is 22.9 Å². The molecule has 1 aliphatic rings. The third-order valence-corrected chi connectivity index (χ3v) is 5.21. The van der Waals surface area contributed by atoms with Gasteiger partial charge in [-0.1, -0.05) is 17.8 Å². The van der Waals surface area contributed by atoms with Crippen LogP contribution in [-0.2, 0) is 10.5 Å². The summed E-state index contributed by atoms with van der Waals surface area (Å²) in [5.74, 6) is 0.633. The van der Waals surface area contributed by atoms with Crippen LogP contribution in [0.15, 0.2) is 42.1 Å². The first-order valence-corrected chi connectivity index (χ1v) is 9.00. The van der Waals surface area contributed by atoms with Crippen LogP contribution in [0.1, 0.15) is 11.9 Å². The van der Waals surface area contributed by atoms with Crippen molar-refractivity contribution in [3.8, 4) is 0 Å². The number of fused-ring (bicyclic) bond motifs is 1. The normalized spacial score (nSPS) is 25.8. The maximum absolute atomic E-state index is 10.2.